The Kier molecular flexibility index (Phi) is 7.67. The highest BCUT2D eigenvalue weighted by Gasteiger charge is 2.16. The second-order valence-corrected chi connectivity index (χ2v) is 6.30. The molecule has 0 aliphatic heterocycles. The second kappa shape index (κ2) is 9.99. The van der Waals surface area contributed by atoms with Gasteiger partial charge in [0.05, 0.1) is 0 Å². The summed E-state index contributed by atoms with van der Waals surface area (Å²) in [5.74, 6) is 0.444. The highest BCUT2D eigenvalue weighted by atomic mass is 35.5. The molecule has 1 heterocycles. The Morgan fingerprint density at radius 3 is 2.44 bits per heavy atom. The molecule has 0 saturated carbocycles. The van der Waals surface area contributed by atoms with Gasteiger partial charge in [-0.1, -0.05) is 37.6 Å². The van der Waals surface area contributed by atoms with Gasteiger partial charge in [-0.15, -0.1) is 0 Å². The highest BCUT2D eigenvalue weighted by Crippen LogP contribution is 2.10. The largest absolute Gasteiger partial charge is 0.354 e. The van der Waals surface area contributed by atoms with Crippen molar-refractivity contribution in [3.05, 3.63) is 52.8 Å². The summed E-state index contributed by atoms with van der Waals surface area (Å²) in [6.07, 6.45) is 4.32. The normalized spacial score (nSPS) is 10.5. The number of halogens is 1. The average Bonchev–Trinajstić information content (AvgIpc) is 2.63. The van der Waals surface area contributed by atoms with Gasteiger partial charge < -0.3 is 10.2 Å². The van der Waals surface area contributed by atoms with Crippen molar-refractivity contribution in [2.45, 2.75) is 33.1 Å². The van der Waals surface area contributed by atoms with Gasteiger partial charge in [0.25, 0.3) is 5.91 Å². The minimum atomic E-state index is -0.0353. The summed E-state index contributed by atoms with van der Waals surface area (Å²) < 4.78 is 0. The molecule has 0 aliphatic carbocycles. The molecule has 2 aromatic rings. The van der Waals surface area contributed by atoms with Gasteiger partial charge in [0.2, 0.25) is 5.95 Å². The molecule has 0 saturated heterocycles. The summed E-state index contributed by atoms with van der Waals surface area (Å²) in [7, 11) is 0. The molecule has 0 radical (unpaired) electrons. The Balaban J connectivity index is 1.95. The maximum absolute atomic E-state index is 12.6. The number of hydrogen-bond acceptors (Lipinski definition) is 4. The van der Waals surface area contributed by atoms with E-state index in [0.29, 0.717) is 18.2 Å². The first kappa shape index (κ1) is 19.2. The van der Waals surface area contributed by atoms with Gasteiger partial charge in [0, 0.05) is 30.9 Å². The molecular weight excluding hydrogens is 336 g/mol. The molecule has 0 bridgehead atoms. The van der Waals surface area contributed by atoms with E-state index in [2.05, 4.69) is 29.1 Å². The maximum Gasteiger partial charge on any atom is 0.272 e. The zero-order valence-corrected chi connectivity index (χ0v) is 15.6. The SMILES string of the molecule is CCCN(CCC)C(=O)c1ccnc(NCCc2ccc(Cl)cc2)n1. The van der Waals surface area contributed by atoms with Crippen molar-refractivity contribution in [1.29, 1.82) is 0 Å². The predicted molar refractivity (Wildman–Crippen MR) is 102 cm³/mol. The molecule has 0 spiro atoms. The second-order valence-electron chi connectivity index (χ2n) is 5.86. The van der Waals surface area contributed by atoms with Crippen LogP contribution in [0.25, 0.3) is 0 Å². The van der Waals surface area contributed by atoms with Crippen molar-refractivity contribution in [3.8, 4) is 0 Å². The molecular formula is C19H25ClN4O. The molecule has 2 rings (SSSR count). The lowest BCUT2D eigenvalue weighted by atomic mass is 10.1. The first-order valence-corrected chi connectivity index (χ1v) is 9.12. The van der Waals surface area contributed by atoms with Crippen LogP contribution < -0.4 is 5.32 Å². The summed E-state index contributed by atoms with van der Waals surface area (Å²) in [5.41, 5.74) is 1.62. The lowest BCUT2D eigenvalue weighted by Crippen LogP contribution is -2.33. The van der Waals surface area contributed by atoms with Crippen LogP contribution in [0.15, 0.2) is 36.5 Å². The van der Waals surface area contributed by atoms with Crippen LogP contribution in [0.1, 0.15) is 42.7 Å². The van der Waals surface area contributed by atoms with E-state index in [1.54, 1.807) is 12.3 Å². The van der Waals surface area contributed by atoms with Gasteiger partial charge in [-0.2, -0.15) is 0 Å². The number of amides is 1. The number of nitrogens with one attached hydrogen (secondary N) is 1. The number of carbonyl (C=O) groups excluding carboxylic acids is 1. The minimum absolute atomic E-state index is 0.0353. The van der Waals surface area contributed by atoms with Crippen LogP contribution in [0.5, 0.6) is 0 Å². The molecule has 0 aliphatic rings. The van der Waals surface area contributed by atoms with Gasteiger partial charge in [0.15, 0.2) is 0 Å². The molecule has 25 heavy (non-hydrogen) atoms. The van der Waals surface area contributed by atoms with E-state index in [4.69, 9.17) is 11.6 Å². The fourth-order valence-corrected chi connectivity index (χ4v) is 2.68. The van der Waals surface area contributed by atoms with E-state index < -0.39 is 0 Å². The van der Waals surface area contributed by atoms with Gasteiger partial charge in [-0.3, -0.25) is 4.79 Å². The fourth-order valence-electron chi connectivity index (χ4n) is 2.55. The summed E-state index contributed by atoms with van der Waals surface area (Å²) in [4.78, 5) is 23.0. The standard InChI is InChI=1S/C19H25ClN4O/c1-3-13-24(14-4-2)18(25)17-10-12-22-19(23-17)21-11-9-15-5-7-16(20)8-6-15/h5-8,10,12H,3-4,9,11,13-14H2,1-2H3,(H,21,22,23). The summed E-state index contributed by atoms with van der Waals surface area (Å²) in [6.45, 7) is 6.32. The van der Waals surface area contributed by atoms with Gasteiger partial charge in [0.1, 0.15) is 5.69 Å². The summed E-state index contributed by atoms with van der Waals surface area (Å²) >= 11 is 5.89. The number of carbonyl (C=O) groups is 1. The average molecular weight is 361 g/mol. The zero-order chi connectivity index (χ0) is 18.1. The van der Waals surface area contributed by atoms with Crippen LogP contribution in [0.3, 0.4) is 0 Å². The molecule has 0 fully saturated rings. The Hall–Kier alpha value is -2.14. The topological polar surface area (TPSA) is 58.1 Å². The minimum Gasteiger partial charge on any atom is -0.354 e. The van der Waals surface area contributed by atoms with Crippen molar-refractivity contribution in [3.63, 3.8) is 0 Å². The molecule has 0 atom stereocenters. The molecule has 1 N–H and O–H groups in total. The predicted octanol–water partition coefficient (Wildman–Crippen LogP) is 4.05. The lowest BCUT2D eigenvalue weighted by Gasteiger charge is -2.21. The Labute approximate surface area is 154 Å². The van der Waals surface area contributed by atoms with Crippen molar-refractivity contribution >= 4 is 23.5 Å². The smallest absolute Gasteiger partial charge is 0.272 e. The first-order chi connectivity index (χ1) is 12.1. The molecule has 1 amide bonds. The van der Waals surface area contributed by atoms with Crippen molar-refractivity contribution < 1.29 is 4.79 Å². The van der Waals surface area contributed by atoms with E-state index in [-0.39, 0.29) is 5.91 Å². The van der Waals surface area contributed by atoms with Crippen molar-refractivity contribution in [2.75, 3.05) is 25.0 Å². The van der Waals surface area contributed by atoms with E-state index in [0.717, 1.165) is 37.4 Å². The molecule has 134 valence electrons. The number of aromatic nitrogens is 2. The quantitative estimate of drug-likeness (QED) is 0.733. The van der Waals surface area contributed by atoms with Crippen LogP contribution in [0.2, 0.25) is 5.02 Å². The van der Waals surface area contributed by atoms with E-state index >= 15 is 0 Å². The van der Waals surface area contributed by atoms with E-state index in [1.165, 1.54) is 5.56 Å². The summed E-state index contributed by atoms with van der Waals surface area (Å²) in [6, 6.07) is 9.42. The van der Waals surface area contributed by atoms with Crippen LogP contribution >= 0.6 is 11.6 Å². The van der Waals surface area contributed by atoms with E-state index in [1.807, 2.05) is 29.2 Å². The number of rotatable bonds is 9. The highest BCUT2D eigenvalue weighted by molar-refractivity contribution is 6.30. The number of hydrogen-bond donors (Lipinski definition) is 1. The van der Waals surface area contributed by atoms with Crippen LogP contribution in [0, 0.1) is 0 Å². The monoisotopic (exact) mass is 360 g/mol. The first-order valence-electron chi connectivity index (χ1n) is 8.74. The third kappa shape index (κ3) is 6.02. The molecule has 5 nitrogen and oxygen atoms in total. The van der Waals surface area contributed by atoms with Crippen molar-refractivity contribution in [2.24, 2.45) is 0 Å². The Bertz CT molecular complexity index is 669. The third-order valence-electron chi connectivity index (χ3n) is 3.76. The van der Waals surface area contributed by atoms with E-state index in [9.17, 15) is 4.79 Å². The van der Waals surface area contributed by atoms with Crippen LogP contribution in [0.4, 0.5) is 5.95 Å². The molecule has 1 aromatic heterocycles. The Morgan fingerprint density at radius 2 is 1.80 bits per heavy atom. The van der Waals surface area contributed by atoms with Gasteiger partial charge in [-0.25, -0.2) is 9.97 Å². The van der Waals surface area contributed by atoms with Crippen molar-refractivity contribution in [1.82, 2.24) is 14.9 Å². The number of anilines is 1. The summed E-state index contributed by atoms with van der Waals surface area (Å²) in [5, 5.41) is 3.91. The fraction of sp³-hybridized carbons (Fsp3) is 0.421. The molecule has 6 heteroatoms. The van der Waals surface area contributed by atoms with Crippen LogP contribution in [-0.2, 0) is 6.42 Å². The molecule has 0 unspecified atom stereocenters. The Morgan fingerprint density at radius 1 is 1.12 bits per heavy atom. The van der Waals surface area contributed by atoms with Gasteiger partial charge in [-0.05, 0) is 43.0 Å². The number of nitrogens with zero attached hydrogens (tertiary/aromatic N) is 3. The third-order valence-corrected chi connectivity index (χ3v) is 4.01. The van der Waals surface area contributed by atoms with Gasteiger partial charge >= 0.3 is 0 Å². The maximum atomic E-state index is 12.6. The molecule has 1 aromatic carbocycles. The zero-order valence-electron chi connectivity index (χ0n) is 14.8. The van der Waals surface area contributed by atoms with Crippen LogP contribution in [-0.4, -0.2) is 40.4 Å². The lowest BCUT2D eigenvalue weighted by molar-refractivity contribution is 0.0749. The number of benzene rings is 1.